The lowest BCUT2D eigenvalue weighted by atomic mass is 10.1. The molecule has 8 heteroatoms. The zero-order valence-electron chi connectivity index (χ0n) is 18.6. The van der Waals surface area contributed by atoms with Gasteiger partial charge in [-0.25, -0.2) is 4.79 Å². The van der Waals surface area contributed by atoms with Crippen LogP contribution >= 0.6 is 0 Å². The topological polar surface area (TPSA) is 95.1 Å². The molecule has 0 saturated heterocycles. The summed E-state index contributed by atoms with van der Waals surface area (Å²) in [5.74, 6) is 0.841. The Morgan fingerprint density at radius 2 is 1.48 bits per heavy atom. The van der Waals surface area contributed by atoms with Crippen molar-refractivity contribution in [2.45, 2.75) is 33.0 Å². The molecule has 0 radical (unpaired) electrons. The molecule has 2 aromatic rings. The molecule has 0 aliphatic heterocycles. The number of alkyl carbamates (subject to hydrolysis) is 1. The van der Waals surface area contributed by atoms with Crippen molar-refractivity contribution < 1.29 is 28.5 Å². The zero-order chi connectivity index (χ0) is 22.9. The molecule has 0 saturated carbocycles. The number of rotatable bonds is 9. The Morgan fingerprint density at radius 1 is 0.903 bits per heavy atom. The first kappa shape index (κ1) is 23.9. The summed E-state index contributed by atoms with van der Waals surface area (Å²) < 4.78 is 21.9. The lowest BCUT2D eigenvalue weighted by Crippen LogP contribution is -2.37. The minimum absolute atomic E-state index is 0.229. The van der Waals surface area contributed by atoms with Crippen LogP contribution in [0.4, 0.5) is 4.79 Å². The van der Waals surface area contributed by atoms with Gasteiger partial charge in [0.05, 0.1) is 14.2 Å². The van der Waals surface area contributed by atoms with Gasteiger partial charge in [-0.1, -0.05) is 30.3 Å². The van der Waals surface area contributed by atoms with E-state index in [0.717, 1.165) is 5.56 Å². The highest BCUT2D eigenvalue weighted by Crippen LogP contribution is 2.39. The summed E-state index contributed by atoms with van der Waals surface area (Å²) in [5.41, 5.74) is 0.758. The van der Waals surface area contributed by atoms with E-state index in [9.17, 15) is 9.59 Å². The monoisotopic (exact) mass is 430 g/mol. The maximum absolute atomic E-state index is 12.5. The van der Waals surface area contributed by atoms with Crippen molar-refractivity contribution >= 4 is 12.0 Å². The minimum Gasteiger partial charge on any atom is -0.493 e. The van der Waals surface area contributed by atoms with Gasteiger partial charge in [0.1, 0.15) is 12.2 Å². The predicted octanol–water partition coefficient (Wildman–Crippen LogP) is 3.54. The Labute approximate surface area is 182 Å². The lowest BCUT2D eigenvalue weighted by Gasteiger charge is -2.19. The van der Waals surface area contributed by atoms with E-state index < -0.39 is 11.7 Å². The third-order valence-corrected chi connectivity index (χ3v) is 4.03. The van der Waals surface area contributed by atoms with Crippen molar-refractivity contribution in [3.63, 3.8) is 0 Å². The molecule has 0 aromatic heterocycles. The van der Waals surface area contributed by atoms with Crippen molar-refractivity contribution in [2.75, 3.05) is 27.3 Å². The molecular formula is C23H30N2O6. The van der Waals surface area contributed by atoms with Crippen LogP contribution in [0, 0.1) is 0 Å². The van der Waals surface area contributed by atoms with E-state index in [4.69, 9.17) is 18.9 Å². The molecule has 8 nitrogen and oxygen atoms in total. The number of benzene rings is 2. The number of methoxy groups -OCH3 is 2. The SMILES string of the molecule is COc1cc(C(=O)NCCNC(=O)OC(C)(C)C)cc(OC)c1OCc1ccccc1. The fourth-order valence-corrected chi connectivity index (χ4v) is 2.64. The van der Waals surface area contributed by atoms with Crippen LogP contribution in [0.2, 0.25) is 0 Å². The van der Waals surface area contributed by atoms with Crippen molar-refractivity contribution in [2.24, 2.45) is 0 Å². The van der Waals surface area contributed by atoms with Gasteiger partial charge in [-0.3, -0.25) is 4.79 Å². The fourth-order valence-electron chi connectivity index (χ4n) is 2.64. The number of hydrogen-bond acceptors (Lipinski definition) is 6. The van der Waals surface area contributed by atoms with Crippen molar-refractivity contribution in [3.05, 3.63) is 53.6 Å². The first-order chi connectivity index (χ1) is 14.7. The summed E-state index contributed by atoms with van der Waals surface area (Å²) in [5, 5.41) is 5.32. The van der Waals surface area contributed by atoms with Crippen LogP contribution in [0.1, 0.15) is 36.7 Å². The molecule has 0 aliphatic carbocycles. The molecule has 0 fully saturated rings. The van der Waals surface area contributed by atoms with Crippen molar-refractivity contribution in [1.82, 2.24) is 10.6 Å². The standard InChI is InChI=1S/C23H30N2O6/c1-23(2,3)31-22(27)25-12-11-24-21(26)17-13-18(28-4)20(19(14-17)29-5)30-15-16-9-7-6-8-10-16/h6-10,13-14H,11-12,15H2,1-5H3,(H,24,26)(H,25,27). The largest absolute Gasteiger partial charge is 0.493 e. The van der Waals surface area contributed by atoms with E-state index in [0.29, 0.717) is 29.4 Å². The van der Waals surface area contributed by atoms with Crippen LogP contribution in [0.25, 0.3) is 0 Å². The van der Waals surface area contributed by atoms with E-state index >= 15 is 0 Å². The van der Waals surface area contributed by atoms with Gasteiger partial charge in [-0.15, -0.1) is 0 Å². The average molecular weight is 431 g/mol. The highest BCUT2D eigenvalue weighted by molar-refractivity contribution is 5.95. The van der Waals surface area contributed by atoms with Gasteiger partial charge < -0.3 is 29.6 Å². The second-order valence-electron chi connectivity index (χ2n) is 7.67. The molecule has 31 heavy (non-hydrogen) atoms. The number of carbonyl (C=O) groups excluding carboxylic acids is 2. The van der Waals surface area contributed by atoms with Gasteiger partial charge >= 0.3 is 6.09 Å². The Bertz CT molecular complexity index is 852. The average Bonchev–Trinajstić information content (AvgIpc) is 2.74. The first-order valence-electron chi connectivity index (χ1n) is 9.91. The molecule has 168 valence electrons. The molecule has 0 spiro atoms. The minimum atomic E-state index is -0.579. The lowest BCUT2D eigenvalue weighted by molar-refractivity contribution is 0.0526. The number of nitrogens with one attached hydrogen (secondary N) is 2. The molecule has 0 bridgehead atoms. The summed E-state index contributed by atoms with van der Waals surface area (Å²) in [6.07, 6.45) is -0.537. The molecule has 2 amide bonds. The Balaban J connectivity index is 1.99. The summed E-state index contributed by atoms with van der Waals surface area (Å²) in [4.78, 5) is 24.2. The van der Waals surface area contributed by atoms with Crippen molar-refractivity contribution in [3.8, 4) is 17.2 Å². The van der Waals surface area contributed by atoms with Crippen molar-refractivity contribution in [1.29, 1.82) is 0 Å². The van der Waals surface area contributed by atoms with Crippen LogP contribution in [0.5, 0.6) is 17.2 Å². The maximum atomic E-state index is 12.5. The van der Waals surface area contributed by atoms with Gasteiger partial charge in [0.15, 0.2) is 11.5 Å². The molecule has 0 unspecified atom stereocenters. The van der Waals surface area contributed by atoms with E-state index in [1.54, 1.807) is 32.9 Å². The molecule has 2 rings (SSSR count). The highest BCUT2D eigenvalue weighted by atomic mass is 16.6. The number of hydrogen-bond donors (Lipinski definition) is 2. The second kappa shape index (κ2) is 11.1. The van der Waals surface area contributed by atoms with Crippen LogP contribution < -0.4 is 24.8 Å². The zero-order valence-corrected chi connectivity index (χ0v) is 18.6. The molecule has 2 N–H and O–H groups in total. The van der Waals surface area contributed by atoms with Crippen LogP contribution in [0.15, 0.2) is 42.5 Å². The van der Waals surface area contributed by atoms with Gasteiger partial charge in [0.2, 0.25) is 5.75 Å². The number of ether oxygens (including phenoxy) is 4. The number of carbonyl (C=O) groups is 2. The highest BCUT2D eigenvalue weighted by Gasteiger charge is 2.18. The normalized spacial score (nSPS) is 10.7. The van der Waals surface area contributed by atoms with E-state index in [-0.39, 0.29) is 19.0 Å². The summed E-state index contributed by atoms with van der Waals surface area (Å²) >= 11 is 0. The van der Waals surface area contributed by atoms with Gasteiger partial charge in [-0.05, 0) is 38.5 Å². The quantitative estimate of drug-likeness (QED) is 0.591. The van der Waals surface area contributed by atoms with E-state index in [1.165, 1.54) is 14.2 Å². The maximum Gasteiger partial charge on any atom is 0.407 e. The van der Waals surface area contributed by atoms with E-state index in [1.807, 2.05) is 30.3 Å². The summed E-state index contributed by atoms with van der Waals surface area (Å²) in [6, 6.07) is 12.9. The third kappa shape index (κ3) is 7.73. The molecule has 2 aromatic carbocycles. The van der Waals surface area contributed by atoms with Crippen LogP contribution in [0.3, 0.4) is 0 Å². The summed E-state index contributed by atoms with van der Waals surface area (Å²) in [6.45, 7) is 6.13. The molecular weight excluding hydrogens is 400 g/mol. The summed E-state index contributed by atoms with van der Waals surface area (Å²) in [7, 11) is 2.99. The van der Waals surface area contributed by atoms with Crippen LogP contribution in [-0.4, -0.2) is 44.9 Å². The van der Waals surface area contributed by atoms with Gasteiger partial charge in [0.25, 0.3) is 5.91 Å². The van der Waals surface area contributed by atoms with Crippen LogP contribution in [-0.2, 0) is 11.3 Å². The van der Waals surface area contributed by atoms with E-state index in [2.05, 4.69) is 10.6 Å². The molecule has 0 atom stereocenters. The Kier molecular flexibility index (Phi) is 8.54. The third-order valence-electron chi connectivity index (χ3n) is 4.03. The molecule has 0 heterocycles. The second-order valence-corrected chi connectivity index (χ2v) is 7.67. The molecule has 0 aliphatic rings. The first-order valence-corrected chi connectivity index (χ1v) is 9.91. The fraction of sp³-hybridized carbons (Fsp3) is 0.391. The Hall–Kier alpha value is -3.42. The Morgan fingerprint density at radius 3 is 2.03 bits per heavy atom. The smallest absolute Gasteiger partial charge is 0.407 e. The predicted molar refractivity (Wildman–Crippen MR) is 117 cm³/mol. The van der Waals surface area contributed by atoms with Gasteiger partial charge in [-0.2, -0.15) is 0 Å². The number of amides is 2. The van der Waals surface area contributed by atoms with Gasteiger partial charge in [0, 0.05) is 18.7 Å².